The van der Waals surface area contributed by atoms with E-state index >= 15 is 0 Å². The van der Waals surface area contributed by atoms with E-state index in [-0.39, 0.29) is 23.4 Å². The van der Waals surface area contributed by atoms with E-state index in [1.54, 1.807) is 11.0 Å². The number of nitrogens with zero attached hydrogens (tertiary/aromatic N) is 1. The van der Waals surface area contributed by atoms with Crippen molar-refractivity contribution in [3.05, 3.63) is 29.1 Å². The van der Waals surface area contributed by atoms with Crippen LogP contribution in [0.2, 0.25) is 0 Å². The zero-order valence-electron chi connectivity index (χ0n) is 11.0. The number of fused-ring (bicyclic) bond motifs is 1. The molecule has 0 spiro atoms. The van der Waals surface area contributed by atoms with Gasteiger partial charge in [0.2, 0.25) is 5.91 Å². The number of hydrogen-bond donors (Lipinski definition) is 2. The third-order valence-electron chi connectivity index (χ3n) is 3.83. The summed E-state index contributed by atoms with van der Waals surface area (Å²) in [5, 5.41) is 2.62. The molecule has 5 nitrogen and oxygen atoms in total. The molecule has 2 amide bonds. The molecule has 0 aromatic heterocycles. The van der Waals surface area contributed by atoms with Gasteiger partial charge in [0.05, 0.1) is 5.56 Å². The zero-order chi connectivity index (χ0) is 14.3. The number of likely N-dealkylation sites (tertiary alicyclic amines) is 1. The Labute approximate surface area is 115 Å². The van der Waals surface area contributed by atoms with Crippen molar-refractivity contribution in [2.45, 2.75) is 25.3 Å². The first-order valence-corrected chi connectivity index (χ1v) is 6.71. The number of carbonyl (C=O) groups is 2. The van der Waals surface area contributed by atoms with Gasteiger partial charge in [-0.05, 0) is 30.5 Å². The molecular weight excluding hydrogens is 261 g/mol. The van der Waals surface area contributed by atoms with Crippen LogP contribution in [-0.4, -0.2) is 35.8 Å². The molecule has 6 heteroatoms. The number of hydrogen-bond acceptors (Lipinski definition) is 3. The van der Waals surface area contributed by atoms with Crippen LogP contribution in [0.4, 0.5) is 10.1 Å². The molecule has 0 radical (unpaired) electrons. The second kappa shape index (κ2) is 4.86. The summed E-state index contributed by atoms with van der Waals surface area (Å²) in [5.41, 5.74) is 7.10. The summed E-state index contributed by atoms with van der Waals surface area (Å²) in [6, 6.07) is 2.75. The highest BCUT2D eigenvalue weighted by molar-refractivity contribution is 5.98. The van der Waals surface area contributed by atoms with Gasteiger partial charge in [0.15, 0.2) is 0 Å². The summed E-state index contributed by atoms with van der Waals surface area (Å²) in [6.45, 7) is 1.03. The van der Waals surface area contributed by atoms with E-state index < -0.39 is 5.82 Å². The molecule has 3 N–H and O–H groups in total. The average Bonchev–Trinajstić information content (AvgIpc) is 2.84. The van der Waals surface area contributed by atoms with Gasteiger partial charge in [-0.2, -0.15) is 0 Å². The largest absolute Gasteiger partial charge is 0.337 e. The predicted molar refractivity (Wildman–Crippen MR) is 71.8 cm³/mol. The fourth-order valence-corrected chi connectivity index (χ4v) is 2.71. The fraction of sp³-hybridized carbons (Fsp3) is 0.429. The monoisotopic (exact) mass is 277 g/mol. The van der Waals surface area contributed by atoms with Crippen molar-refractivity contribution < 1.29 is 14.0 Å². The first-order valence-electron chi connectivity index (χ1n) is 6.71. The first kappa shape index (κ1) is 13.1. The van der Waals surface area contributed by atoms with Crippen LogP contribution in [-0.2, 0) is 11.2 Å². The SMILES string of the molecule is N[C@@H]1CCN(C(=O)c2cc3c(cc2F)NC(=O)CC3)C1. The van der Waals surface area contributed by atoms with Crippen LogP contribution < -0.4 is 11.1 Å². The Hall–Kier alpha value is -1.95. The van der Waals surface area contributed by atoms with E-state index in [4.69, 9.17) is 5.73 Å². The number of halogens is 1. The van der Waals surface area contributed by atoms with E-state index in [0.29, 0.717) is 31.6 Å². The minimum atomic E-state index is -0.601. The highest BCUT2D eigenvalue weighted by Crippen LogP contribution is 2.27. The van der Waals surface area contributed by atoms with Crippen LogP contribution in [0, 0.1) is 5.82 Å². The Morgan fingerprint density at radius 3 is 2.90 bits per heavy atom. The van der Waals surface area contributed by atoms with Crippen molar-refractivity contribution in [1.29, 1.82) is 0 Å². The third kappa shape index (κ3) is 2.27. The molecule has 0 bridgehead atoms. The molecule has 1 aromatic carbocycles. The molecule has 1 fully saturated rings. The Morgan fingerprint density at radius 2 is 2.20 bits per heavy atom. The van der Waals surface area contributed by atoms with Crippen LogP contribution in [0.15, 0.2) is 12.1 Å². The minimum Gasteiger partial charge on any atom is -0.337 e. The molecule has 1 atom stereocenters. The maximum absolute atomic E-state index is 14.1. The number of carbonyl (C=O) groups excluding carboxylic acids is 2. The lowest BCUT2D eigenvalue weighted by atomic mass is 9.99. The topological polar surface area (TPSA) is 75.4 Å². The van der Waals surface area contributed by atoms with Crippen LogP contribution in [0.25, 0.3) is 0 Å². The van der Waals surface area contributed by atoms with Crippen molar-refractivity contribution in [2.24, 2.45) is 5.73 Å². The van der Waals surface area contributed by atoms with E-state index in [1.165, 1.54) is 6.07 Å². The molecular formula is C14H16FN3O2. The number of rotatable bonds is 1. The van der Waals surface area contributed by atoms with Gasteiger partial charge in [0, 0.05) is 31.2 Å². The van der Waals surface area contributed by atoms with Crippen molar-refractivity contribution in [1.82, 2.24) is 4.90 Å². The van der Waals surface area contributed by atoms with Gasteiger partial charge in [0.1, 0.15) is 5.82 Å². The molecule has 2 aliphatic heterocycles. The van der Waals surface area contributed by atoms with Gasteiger partial charge < -0.3 is 16.0 Å². The van der Waals surface area contributed by atoms with E-state index in [2.05, 4.69) is 5.32 Å². The van der Waals surface area contributed by atoms with Gasteiger partial charge >= 0.3 is 0 Å². The van der Waals surface area contributed by atoms with Crippen molar-refractivity contribution >= 4 is 17.5 Å². The molecule has 0 unspecified atom stereocenters. The quantitative estimate of drug-likeness (QED) is 0.800. The summed E-state index contributed by atoms with van der Waals surface area (Å²) in [5.74, 6) is -1.05. The fourth-order valence-electron chi connectivity index (χ4n) is 2.71. The highest BCUT2D eigenvalue weighted by Gasteiger charge is 2.28. The number of amides is 2. The molecule has 2 heterocycles. The number of nitrogens with two attached hydrogens (primary N) is 1. The number of nitrogens with one attached hydrogen (secondary N) is 1. The molecule has 3 rings (SSSR count). The van der Waals surface area contributed by atoms with Crippen LogP contribution in [0.5, 0.6) is 0 Å². The maximum atomic E-state index is 14.1. The number of aryl methyl sites for hydroxylation is 1. The molecule has 1 aromatic rings. The maximum Gasteiger partial charge on any atom is 0.256 e. The molecule has 0 aliphatic carbocycles. The van der Waals surface area contributed by atoms with Crippen molar-refractivity contribution in [3.63, 3.8) is 0 Å². The highest BCUT2D eigenvalue weighted by atomic mass is 19.1. The van der Waals surface area contributed by atoms with E-state index in [0.717, 1.165) is 12.0 Å². The lowest BCUT2D eigenvalue weighted by Crippen LogP contribution is -2.32. The predicted octanol–water partition coefficient (Wildman–Crippen LogP) is 0.884. The normalized spacial score (nSPS) is 21.6. The first-order chi connectivity index (χ1) is 9.54. The lowest BCUT2D eigenvalue weighted by molar-refractivity contribution is -0.116. The average molecular weight is 277 g/mol. The number of anilines is 1. The molecule has 0 saturated carbocycles. The smallest absolute Gasteiger partial charge is 0.256 e. The second-order valence-corrected chi connectivity index (χ2v) is 5.34. The Bertz CT molecular complexity index is 588. The van der Waals surface area contributed by atoms with Crippen molar-refractivity contribution in [2.75, 3.05) is 18.4 Å². The molecule has 20 heavy (non-hydrogen) atoms. The standard InChI is InChI=1S/C14H16FN3O2/c15-11-6-12-8(1-2-13(19)17-12)5-10(11)14(20)18-4-3-9(16)7-18/h5-6,9H,1-4,7,16H2,(H,17,19)/t9-/m1/s1. The summed E-state index contributed by atoms with van der Waals surface area (Å²) in [6.07, 6.45) is 1.64. The molecule has 106 valence electrons. The van der Waals surface area contributed by atoms with Gasteiger partial charge in [-0.15, -0.1) is 0 Å². The summed E-state index contributed by atoms with van der Waals surface area (Å²) in [4.78, 5) is 25.2. The summed E-state index contributed by atoms with van der Waals surface area (Å²) in [7, 11) is 0. The van der Waals surface area contributed by atoms with E-state index in [9.17, 15) is 14.0 Å². The summed E-state index contributed by atoms with van der Waals surface area (Å²) >= 11 is 0. The van der Waals surface area contributed by atoms with Crippen LogP contribution in [0.3, 0.4) is 0 Å². The van der Waals surface area contributed by atoms with Crippen LogP contribution in [0.1, 0.15) is 28.8 Å². The van der Waals surface area contributed by atoms with Gasteiger partial charge in [-0.1, -0.05) is 0 Å². The van der Waals surface area contributed by atoms with Gasteiger partial charge in [-0.3, -0.25) is 9.59 Å². The molecule has 2 aliphatic rings. The third-order valence-corrected chi connectivity index (χ3v) is 3.83. The Kier molecular flexibility index (Phi) is 3.17. The zero-order valence-corrected chi connectivity index (χ0v) is 11.0. The van der Waals surface area contributed by atoms with Crippen molar-refractivity contribution in [3.8, 4) is 0 Å². The Balaban J connectivity index is 1.90. The van der Waals surface area contributed by atoms with Gasteiger partial charge in [0.25, 0.3) is 5.91 Å². The lowest BCUT2D eigenvalue weighted by Gasteiger charge is -2.20. The summed E-state index contributed by atoms with van der Waals surface area (Å²) < 4.78 is 14.1. The van der Waals surface area contributed by atoms with E-state index in [1.807, 2.05) is 0 Å². The second-order valence-electron chi connectivity index (χ2n) is 5.34. The minimum absolute atomic E-state index is 0.0288. The molecule has 1 saturated heterocycles. The Morgan fingerprint density at radius 1 is 1.40 bits per heavy atom. The van der Waals surface area contributed by atoms with Gasteiger partial charge in [-0.25, -0.2) is 4.39 Å². The number of benzene rings is 1. The van der Waals surface area contributed by atoms with Crippen LogP contribution >= 0.6 is 0 Å².